The molecule has 11 heteroatoms. The standard InChI is InChI=1S/C18H12ClN3O6S/c19-11-3-1-10(2-4-11)7-15-17(25)21(18(26)29-15)9-16(24)20-13-8-12(22(27)28)5-6-14(13)23/h1-8,23H,9H2,(H,20,24)/p-1/b15-7-. The number of rotatable bonds is 5. The third-order valence-corrected chi connectivity index (χ3v) is 4.95. The maximum atomic E-state index is 12.4. The van der Waals surface area contributed by atoms with Gasteiger partial charge in [0.15, 0.2) is 0 Å². The highest BCUT2D eigenvalue weighted by molar-refractivity contribution is 8.18. The van der Waals surface area contributed by atoms with Gasteiger partial charge in [-0.3, -0.25) is 29.4 Å². The Morgan fingerprint density at radius 1 is 1.21 bits per heavy atom. The van der Waals surface area contributed by atoms with Crippen molar-refractivity contribution in [2.75, 3.05) is 11.9 Å². The largest absolute Gasteiger partial charge is 0.871 e. The van der Waals surface area contributed by atoms with Crippen molar-refractivity contribution in [1.29, 1.82) is 0 Å². The molecule has 1 aliphatic rings. The second-order valence-corrected chi connectivity index (χ2v) is 7.23. The normalized spacial score (nSPS) is 15.1. The van der Waals surface area contributed by atoms with Gasteiger partial charge in [-0.25, -0.2) is 0 Å². The van der Waals surface area contributed by atoms with E-state index >= 15 is 0 Å². The number of non-ortho nitro benzene ring substituents is 1. The first kappa shape index (κ1) is 20.4. The van der Waals surface area contributed by atoms with Gasteiger partial charge in [-0.05, 0) is 35.5 Å². The van der Waals surface area contributed by atoms with E-state index in [0.29, 0.717) is 22.3 Å². The SMILES string of the molecule is O=C(CN1C(=O)S/C(=C\c2ccc(Cl)cc2)C1=O)Nc1cc([N+](=O)[O-])ccc1[O-]. The molecule has 29 heavy (non-hydrogen) atoms. The fourth-order valence-corrected chi connectivity index (χ4v) is 3.37. The summed E-state index contributed by atoms with van der Waals surface area (Å²) in [7, 11) is 0. The highest BCUT2D eigenvalue weighted by atomic mass is 35.5. The number of nitro groups is 1. The molecular formula is C18H11ClN3O6S-. The Morgan fingerprint density at radius 3 is 2.55 bits per heavy atom. The first-order chi connectivity index (χ1) is 13.7. The third-order valence-electron chi connectivity index (χ3n) is 3.79. The molecule has 2 aromatic rings. The van der Waals surface area contributed by atoms with Crippen LogP contribution >= 0.6 is 23.4 Å². The maximum absolute atomic E-state index is 12.4. The van der Waals surface area contributed by atoms with Crippen LogP contribution in [-0.2, 0) is 9.59 Å². The molecule has 2 aromatic carbocycles. The van der Waals surface area contributed by atoms with Crippen LogP contribution in [0.2, 0.25) is 5.02 Å². The summed E-state index contributed by atoms with van der Waals surface area (Å²) < 4.78 is 0. The fourth-order valence-electron chi connectivity index (χ4n) is 2.41. The molecule has 0 radical (unpaired) electrons. The molecule has 0 spiro atoms. The third kappa shape index (κ3) is 4.73. The van der Waals surface area contributed by atoms with Gasteiger partial charge in [0.05, 0.1) is 9.83 Å². The monoisotopic (exact) mass is 432 g/mol. The van der Waals surface area contributed by atoms with E-state index in [9.17, 15) is 29.6 Å². The molecule has 3 rings (SSSR count). The second-order valence-electron chi connectivity index (χ2n) is 5.81. The van der Waals surface area contributed by atoms with Crippen LogP contribution in [0.5, 0.6) is 5.75 Å². The van der Waals surface area contributed by atoms with E-state index in [1.807, 2.05) is 0 Å². The van der Waals surface area contributed by atoms with Crippen LogP contribution in [0.4, 0.5) is 16.2 Å². The lowest BCUT2D eigenvalue weighted by atomic mass is 10.2. The Labute approximate surface area is 173 Å². The van der Waals surface area contributed by atoms with Crippen LogP contribution < -0.4 is 10.4 Å². The molecule has 1 heterocycles. The van der Waals surface area contributed by atoms with Crippen molar-refractivity contribution in [2.24, 2.45) is 0 Å². The van der Waals surface area contributed by atoms with Crippen molar-refractivity contribution in [3.8, 4) is 5.75 Å². The Morgan fingerprint density at radius 2 is 1.90 bits per heavy atom. The second kappa shape index (κ2) is 8.33. The number of amides is 3. The van der Waals surface area contributed by atoms with Gasteiger partial charge < -0.3 is 10.4 Å². The number of nitro benzene ring substituents is 1. The number of carbonyl (C=O) groups excluding carboxylic acids is 3. The van der Waals surface area contributed by atoms with Crippen molar-refractivity contribution in [3.05, 3.63) is 68.1 Å². The highest BCUT2D eigenvalue weighted by Gasteiger charge is 2.36. The van der Waals surface area contributed by atoms with Crippen molar-refractivity contribution < 1.29 is 24.4 Å². The van der Waals surface area contributed by atoms with E-state index in [1.165, 1.54) is 6.08 Å². The van der Waals surface area contributed by atoms with Gasteiger partial charge in [0.2, 0.25) is 5.91 Å². The number of anilines is 1. The predicted octanol–water partition coefficient (Wildman–Crippen LogP) is 3.00. The van der Waals surface area contributed by atoms with Crippen molar-refractivity contribution in [3.63, 3.8) is 0 Å². The molecule has 3 amide bonds. The number of nitrogens with zero attached hydrogens (tertiary/aromatic N) is 2. The molecule has 1 aliphatic heterocycles. The Kier molecular flexibility index (Phi) is 5.85. The van der Waals surface area contributed by atoms with Crippen molar-refractivity contribution in [1.82, 2.24) is 4.90 Å². The number of carbonyl (C=O) groups is 3. The zero-order chi connectivity index (χ0) is 21.1. The smallest absolute Gasteiger partial charge is 0.294 e. The predicted molar refractivity (Wildman–Crippen MR) is 105 cm³/mol. The average molecular weight is 433 g/mol. The number of halogens is 1. The fraction of sp³-hybridized carbons (Fsp3) is 0.0556. The molecule has 1 fully saturated rings. The molecule has 148 valence electrons. The highest BCUT2D eigenvalue weighted by Crippen LogP contribution is 2.32. The topological polar surface area (TPSA) is 133 Å². The van der Waals surface area contributed by atoms with E-state index in [4.69, 9.17) is 11.6 Å². The van der Waals surface area contributed by atoms with Crippen LogP contribution in [0.3, 0.4) is 0 Å². The molecule has 1 N–H and O–H groups in total. The molecule has 0 atom stereocenters. The quantitative estimate of drug-likeness (QED) is 0.436. The number of thioether (sulfide) groups is 1. The van der Waals surface area contributed by atoms with Crippen LogP contribution in [-0.4, -0.2) is 33.4 Å². The van der Waals surface area contributed by atoms with Crippen molar-refractivity contribution in [2.45, 2.75) is 0 Å². The van der Waals surface area contributed by atoms with Gasteiger partial charge in [-0.1, -0.05) is 35.5 Å². The number of hydrogen-bond acceptors (Lipinski definition) is 7. The van der Waals surface area contributed by atoms with E-state index < -0.39 is 34.3 Å². The number of nitrogens with one attached hydrogen (secondary N) is 1. The van der Waals surface area contributed by atoms with Gasteiger partial charge >= 0.3 is 0 Å². The lowest BCUT2D eigenvalue weighted by Crippen LogP contribution is -2.36. The summed E-state index contributed by atoms with van der Waals surface area (Å²) in [6.07, 6.45) is 1.50. The Balaban J connectivity index is 1.71. The average Bonchev–Trinajstić information content (AvgIpc) is 2.92. The molecule has 1 saturated heterocycles. The lowest BCUT2D eigenvalue weighted by molar-refractivity contribution is -0.385. The summed E-state index contributed by atoms with van der Waals surface area (Å²) in [4.78, 5) is 47.7. The summed E-state index contributed by atoms with van der Waals surface area (Å²) in [5.41, 5.74) is -0.0400. The first-order valence-corrected chi connectivity index (χ1v) is 9.20. The van der Waals surface area contributed by atoms with Gasteiger partial charge in [0.1, 0.15) is 6.54 Å². The van der Waals surface area contributed by atoms with E-state index in [2.05, 4.69) is 5.32 Å². The number of benzene rings is 2. The molecule has 9 nitrogen and oxygen atoms in total. The molecule has 0 saturated carbocycles. The summed E-state index contributed by atoms with van der Waals surface area (Å²) in [6, 6.07) is 9.46. The first-order valence-electron chi connectivity index (χ1n) is 8.01. The Bertz CT molecular complexity index is 1050. The number of hydrogen-bond donors (Lipinski definition) is 1. The van der Waals surface area contributed by atoms with Gasteiger partial charge in [0, 0.05) is 22.8 Å². The van der Waals surface area contributed by atoms with Crippen LogP contribution in [0, 0.1) is 10.1 Å². The zero-order valence-corrected chi connectivity index (χ0v) is 16.0. The molecule has 0 bridgehead atoms. The summed E-state index contributed by atoms with van der Waals surface area (Å²) in [5, 5.41) is 24.6. The van der Waals surface area contributed by atoms with Gasteiger partial charge in [-0.15, -0.1) is 0 Å². The van der Waals surface area contributed by atoms with Gasteiger partial charge in [-0.2, -0.15) is 0 Å². The summed E-state index contributed by atoms with van der Waals surface area (Å²) >= 11 is 6.48. The van der Waals surface area contributed by atoms with E-state index in [-0.39, 0.29) is 16.3 Å². The maximum Gasteiger partial charge on any atom is 0.294 e. The number of imide groups is 1. The van der Waals surface area contributed by atoms with E-state index in [1.54, 1.807) is 24.3 Å². The minimum atomic E-state index is -0.836. The van der Waals surface area contributed by atoms with Crippen LogP contribution in [0.25, 0.3) is 6.08 Å². The van der Waals surface area contributed by atoms with E-state index in [0.717, 1.165) is 23.1 Å². The minimum absolute atomic E-state index is 0.130. The molecule has 0 aliphatic carbocycles. The van der Waals surface area contributed by atoms with Crippen molar-refractivity contribution >= 4 is 57.9 Å². The van der Waals surface area contributed by atoms with Crippen LogP contribution in [0.15, 0.2) is 47.4 Å². The van der Waals surface area contributed by atoms with Gasteiger partial charge in [0.25, 0.3) is 16.8 Å². The van der Waals surface area contributed by atoms with Crippen LogP contribution in [0.1, 0.15) is 5.56 Å². The summed E-state index contributed by atoms with van der Waals surface area (Å²) in [5.74, 6) is -2.13. The minimum Gasteiger partial charge on any atom is -0.871 e. The molecular weight excluding hydrogens is 422 g/mol. The Hall–Kier alpha value is -3.37. The molecule has 0 unspecified atom stereocenters. The molecule has 0 aromatic heterocycles. The lowest BCUT2D eigenvalue weighted by Gasteiger charge is -2.16. The zero-order valence-electron chi connectivity index (χ0n) is 14.5. The summed E-state index contributed by atoms with van der Waals surface area (Å²) in [6.45, 7) is -0.634.